The number of hydrogen-bond acceptors (Lipinski definition) is 3. The highest BCUT2D eigenvalue weighted by molar-refractivity contribution is 7.25. The minimum Gasteiger partial charge on any atom is -0.144 e. The van der Waals surface area contributed by atoms with Gasteiger partial charge in [0, 0.05) is 31.3 Å². The highest BCUT2D eigenvalue weighted by Gasteiger charge is 2.27. The Hall–Kier alpha value is -4.02. The van der Waals surface area contributed by atoms with Crippen molar-refractivity contribution in [2.24, 2.45) is 0 Å². The molecule has 0 N–H and O–H groups in total. The van der Waals surface area contributed by atoms with Gasteiger partial charge in [-0.1, -0.05) is 121 Å². The Morgan fingerprint density at radius 2 is 0.821 bits per heavy atom. The standard InChI is InChI=1S/C36H24S3/c1-3-13-25(14-4-1)27-17-7-9-19-29(27)33-34(31-21-11-23-37-31)36(32-22-12-24-38-32)39-35(33)30-20-10-8-18-28(30)26-15-5-2-6-16-26/h1-24H. The largest absolute Gasteiger partial charge is 0.144 e. The van der Waals surface area contributed by atoms with Crippen molar-refractivity contribution in [2.45, 2.75) is 0 Å². The van der Waals surface area contributed by atoms with Gasteiger partial charge in [-0.15, -0.1) is 34.0 Å². The van der Waals surface area contributed by atoms with Gasteiger partial charge >= 0.3 is 0 Å². The molecule has 0 bridgehead atoms. The summed E-state index contributed by atoms with van der Waals surface area (Å²) >= 11 is 5.55. The van der Waals surface area contributed by atoms with Crippen molar-refractivity contribution in [2.75, 3.05) is 0 Å². The molecule has 0 unspecified atom stereocenters. The number of rotatable bonds is 6. The van der Waals surface area contributed by atoms with Crippen LogP contribution in [0.3, 0.4) is 0 Å². The van der Waals surface area contributed by atoms with Gasteiger partial charge in [0.2, 0.25) is 0 Å². The van der Waals surface area contributed by atoms with E-state index in [-0.39, 0.29) is 0 Å². The van der Waals surface area contributed by atoms with Gasteiger partial charge in [0.05, 0.1) is 4.88 Å². The molecule has 0 aliphatic carbocycles. The third kappa shape index (κ3) is 4.49. The maximum absolute atomic E-state index is 2.30. The molecule has 0 aliphatic rings. The van der Waals surface area contributed by atoms with Gasteiger partial charge in [-0.05, 0) is 50.7 Å². The highest BCUT2D eigenvalue weighted by atomic mass is 32.1. The summed E-state index contributed by atoms with van der Waals surface area (Å²) in [5.74, 6) is 0. The van der Waals surface area contributed by atoms with E-state index in [4.69, 9.17) is 0 Å². The summed E-state index contributed by atoms with van der Waals surface area (Å²) in [6, 6.07) is 48.2. The monoisotopic (exact) mass is 552 g/mol. The third-order valence-electron chi connectivity index (χ3n) is 6.96. The van der Waals surface area contributed by atoms with E-state index in [0.29, 0.717) is 0 Å². The summed E-state index contributed by atoms with van der Waals surface area (Å²) in [7, 11) is 0. The molecule has 7 aromatic rings. The lowest BCUT2D eigenvalue weighted by molar-refractivity contribution is 1.59. The molecule has 0 fully saturated rings. The zero-order chi connectivity index (χ0) is 26.0. The van der Waals surface area contributed by atoms with Crippen LogP contribution in [0.4, 0.5) is 0 Å². The SMILES string of the molecule is c1ccc(-c2ccccc2-c2sc(-c3cccs3)c(-c3cccs3)c2-c2ccccc2-c2ccccc2)cc1. The second-order valence-electron chi connectivity index (χ2n) is 9.29. The van der Waals surface area contributed by atoms with Crippen molar-refractivity contribution in [3.63, 3.8) is 0 Å². The van der Waals surface area contributed by atoms with Crippen LogP contribution in [-0.2, 0) is 0 Å². The van der Waals surface area contributed by atoms with Crippen LogP contribution >= 0.6 is 34.0 Å². The fourth-order valence-corrected chi connectivity index (χ4v) is 8.31. The van der Waals surface area contributed by atoms with E-state index in [9.17, 15) is 0 Å². The summed E-state index contributed by atoms with van der Waals surface area (Å²) in [6.07, 6.45) is 0. The minimum absolute atomic E-state index is 1.23. The molecule has 7 rings (SSSR count). The lowest BCUT2D eigenvalue weighted by atomic mass is 9.88. The molecule has 0 amide bonds. The van der Waals surface area contributed by atoms with Gasteiger partial charge in [-0.2, -0.15) is 0 Å². The van der Waals surface area contributed by atoms with Crippen LogP contribution in [0.5, 0.6) is 0 Å². The van der Waals surface area contributed by atoms with Gasteiger partial charge in [0.1, 0.15) is 0 Å². The van der Waals surface area contributed by atoms with Crippen molar-refractivity contribution in [3.05, 3.63) is 144 Å². The molecule has 0 radical (unpaired) electrons. The van der Waals surface area contributed by atoms with E-state index in [0.717, 1.165) is 0 Å². The first-order chi connectivity index (χ1) is 19.4. The predicted molar refractivity (Wildman–Crippen MR) is 173 cm³/mol. The topological polar surface area (TPSA) is 0 Å². The smallest absolute Gasteiger partial charge is 0.0542 e. The van der Waals surface area contributed by atoms with Crippen LogP contribution in [0.2, 0.25) is 0 Å². The molecule has 4 aromatic carbocycles. The Balaban J connectivity index is 1.60. The zero-order valence-electron chi connectivity index (χ0n) is 21.1. The quantitative estimate of drug-likeness (QED) is 0.192. The maximum Gasteiger partial charge on any atom is 0.0542 e. The zero-order valence-corrected chi connectivity index (χ0v) is 23.5. The van der Waals surface area contributed by atoms with Crippen LogP contribution < -0.4 is 0 Å². The summed E-state index contributed by atoms with van der Waals surface area (Å²) in [5.41, 5.74) is 10.2. The van der Waals surface area contributed by atoms with Gasteiger partial charge in [0.25, 0.3) is 0 Å². The number of thiophene rings is 3. The van der Waals surface area contributed by atoms with Crippen molar-refractivity contribution >= 4 is 34.0 Å². The molecule has 0 nitrogen and oxygen atoms in total. The molecule has 0 spiro atoms. The molecule has 0 saturated heterocycles. The van der Waals surface area contributed by atoms with Crippen LogP contribution in [-0.4, -0.2) is 0 Å². The van der Waals surface area contributed by atoms with Crippen molar-refractivity contribution in [3.8, 4) is 64.0 Å². The van der Waals surface area contributed by atoms with Crippen molar-refractivity contribution in [1.29, 1.82) is 0 Å². The Labute approximate surface area is 241 Å². The molecule has 39 heavy (non-hydrogen) atoms. The molecule has 3 aromatic heterocycles. The second kappa shape index (κ2) is 10.6. The minimum atomic E-state index is 1.23. The van der Waals surface area contributed by atoms with Crippen LogP contribution in [0.25, 0.3) is 64.0 Å². The molecule has 0 atom stereocenters. The number of hydrogen-bond donors (Lipinski definition) is 0. The molecular formula is C36H24S3. The van der Waals surface area contributed by atoms with E-state index < -0.39 is 0 Å². The van der Waals surface area contributed by atoms with Crippen LogP contribution in [0.1, 0.15) is 0 Å². The molecule has 0 aliphatic heterocycles. The predicted octanol–water partition coefficient (Wildman–Crippen LogP) is 11.9. The van der Waals surface area contributed by atoms with Gasteiger partial charge < -0.3 is 0 Å². The first kappa shape index (κ1) is 24.1. The summed E-state index contributed by atoms with van der Waals surface area (Å²) in [5, 5.41) is 4.37. The Morgan fingerprint density at radius 1 is 0.333 bits per heavy atom. The van der Waals surface area contributed by atoms with E-state index in [1.807, 2.05) is 34.0 Å². The molecule has 0 saturated carbocycles. The van der Waals surface area contributed by atoms with Crippen molar-refractivity contribution in [1.82, 2.24) is 0 Å². The average molecular weight is 553 g/mol. The Bertz CT molecular complexity index is 1830. The molecule has 3 heteroatoms. The van der Waals surface area contributed by atoms with Gasteiger partial charge in [0.15, 0.2) is 0 Å². The lowest BCUT2D eigenvalue weighted by Gasteiger charge is -2.16. The van der Waals surface area contributed by atoms with E-state index in [2.05, 4.69) is 144 Å². The number of benzene rings is 4. The average Bonchev–Trinajstić information content (AvgIpc) is 3.79. The normalized spacial score (nSPS) is 11.1. The summed E-state index contributed by atoms with van der Waals surface area (Å²) in [4.78, 5) is 5.26. The fraction of sp³-hybridized carbons (Fsp3) is 0. The Morgan fingerprint density at radius 3 is 1.38 bits per heavy atom. The molecule has 3 heterocycles. The Kier molecular flexibility index (Phi) is 6.55. The van der Waals surface area contributed by atoms with Gasteiger partial charge in [-0.3, -0.25) is 0 Å². The van der Waals surface area contributed by atoms with E-state index >= 15 is 0 Å². The summed E-state index contributed by atoms with van der Waals surface area (Å²) < 4.78 is 0. The first-order valence-corrected chi connectivity index (χ1v) is 15.5. The van der Waals surface area contributed by atoms with Gasteiger partial charge in [-0.25, -0.2) is 0 Å². The third-order valence-corrected chi connectivity index (χ3v) is 10.1. The molecule has 186 valence electrons. The maximum atomic E-state index is 2.30. The van der Waals surface area contributed by atoms with E-state index in [1.165, 1.54) is 64.0 Å². The lowest BCUT2D eigenvalue weighted by Crippen LogP contribution is -1.90. The van der Waals surface area contributed by atoms with Crippen LogP contribution in [0, 0.1) is 0 Å². The first-order valence-electron chi connectivity index (χ1n) is 12.9. The second-order valence-corrected chi connectivity index (χ2v) is 12.2. The highest BCUT2D eigenvalue weighted by Crippen LogP contribution is 2.56. The van der Waals surface area contributed by atoms with Crippen LogP contribution in [0.15, 0.2) is 144 Å². The fourth-order valence-electron chi connectivity index (χ4n) is 5.24. The van der Waals surface area contributed by atoms with E-state index in [1.54, 1.807) is 0 Å². The summed E-state index contributed by atoms with van der Waals surface area (Å²) in [6.45, 7) is 0. The molecular weight excluding hydrogens is 529 g/mol. The van der Waals surface area contributed by atoms with Crippen molar-refractivity contribution < 1.29 is 0 Å².